The van der Waals surface area contributed by atoms with Crippen LogP contribution in [0.4, 0.5) is 4.79 Å². The Morgan fingerprint density at radius 2 is 1.93 bits per heavy atom. The van der Waals surface area contributed by atoms with Crippen molar-refractivity contribution in [2.45, 2.75) is 39.7 Å². The smallest absolute Gasteiger partial charge is 0.407 e. The third kappa shape index (κ3) is 9.62. The van der Waals surface area contributed by atoms with Crippen LogP contribution in [0.25, 0.3) is 0 Å². The van der Waals surface area contributed by atoms with E-state index in [0.29, 0.717) is 37.1 Å². The quantitative estimate of drug-likeness (QED) is 0.399. The first-order valence-electron chi connectivity index (χ1n) is 10.4. The molecule has 168 valence electrons. The summed E-state index contributed by atoms with van der Waals surface area (Å²) in [6.45, 7) is 7.57. The number of rotatable bonds is 10. The first kappa shape index (κ1) is 25.3. The first-order chi connectivity index (χ1) is 14.3. The molecule has 0 radical (unpaired) electrons. The van der Waals surface area contributed by atoms with Crippen LogP contribution >= 0.6 is 0 Å². The Bertz CT molecular complexity index is 704. The van der Waals surface area contributed by atoms with Gasteiger partial charge < -0.3 is 25.6 Å². The topological polar surface area (TPSA) is 95.1 Å². The minimum Gasteiger partial charge on any atom is -0.450 e. The number of aliphatic imine (C=N–C) groups is 1. The van der Waals surface area contributed by atoms with Crippen molar-refractivity contribution >= 4 is 18.0 Å². The molecular weight excluding hydrogens is 382 g/mol. The molecule has 0 aliphatic carbocycles. The first-order valence-corrected chi connectivity index (χ1v) is 10.4. The molecule has 1 rings (SSSR count). The molecule has 1 unspecified atom stereocenters. The van der Waals surface area contributed by atoms with Crippen molar-refractivity contribution < 1.29 is 14.3 Å². The highest BCUT2D eigenvalue weighted by Crippen LogP contribution is 2.08. The van der Waals surface area contributed by atoms with Crippen LogP contribution in [0.3, 0.4) is 0 Å². The summed E-state index contributed by atoms with van der Waals surface area (Å²) in [6, 6.07) is 7.59. The van der Waals surface area contributed by atoms with Crippen molar-refractivity contribution in [3.63, 3.8) is 0 Å². The summed E-state index contributed by atoms with van der Waals surface area (Å²) in [4.78, 5) is 29.7. The molecule has 1 aromatic rings. The fourth-order valence-electron chi connectivity index (χ4n) is 2.99. The molecule has 1 aromatic carbocycles. The van der Waals surface area contributed by atoms with Crippen molar-refractivity contribution in [1.82, 2.24) is 20.9 Å². The van der Waals surface area contributed by atoms with Gasteiger partial charge in [0.1, 0.15) is 0 Å². The van der Waals surface area contributed by atoms with E-state index < -0.39 is 6.09 Å². The highest BCUT2D eigenvalue weighted by atomic mass is 16.5. The molecular formula is C22H37N5O3. The fourth-order valence-corrected chi connectivity index (χ4v) is 2.99. The molecule has 0 fully saturated rings. The average molecular weight is 420 g/mol. The fraction of sp³-hybridized carbons (Fsp3) is 0.591. The van der Waals surface area contributed by atoms with Gasteiger partial charge in [0.05, 0.1) is 6.61 Å². The van der Waals surface area contributed by atoms with Gasteiger partial charge in [-0.1, -0.05) is 26.0 Å². The van der Waals surface area contributed by atoms with E-state index in [1.807, 2.05) is 24.3 Å². The number of hydrogen-bond acceptors (Lipinski definition) is 4. The Hall–Kier alpha value is -2.77. The number of nitrogens with one attached hydrogen (secondary N) is 3. The van der Waals surface area contributed by atoms with Crippen molar-refractivity contribution in [1.29, 1.82) is 0 Å². The molecule has 0 aliphatic heterocycles. The summed E-state index contributed by atoms with van der Waals surface area (Å²) in [7, 11) is 5.20. The molecule has 3 N–H and O–H groups in total. The molecule has 0 heterocycles. The highest BCUT2D eigenvalue weighted by molar-refractivity contribution is 5.94. The number of carbonyl (C=O) groups excluding carboxylic acids is 2. The summed E-state index contributed by atoms with van der Waals surface area (Å²) in [6.07, 6.45) is 1.18. The summed E-state index contributed by atoms with van der Waals surface area (Å²) in [5, 5.41) is 9.43. The van der Waals surface area contributed by atoms with Crippen LogP contribution in [0.5, 0.6) is 0 Å². The number of benzene rings is 1. The van der Waals surface area contributed by atoms with Crippen LogP contribution in [0.15, 0.2) is 29.3 Å². The van der Waals surface area contributed by atoms with E-state index in [1.165, 1.54) is 0 Å². The third-order valence-electron chi connectivity index (χ3n) is 4.38. The van der Waals surface area contributed by atoms with Gasteiger partial charge in [-0.25, -0.2) is 4.79 Å². The maximum absolute atomic E-state index is 12.1. The van der Waals surface area contributed by atoms with E-state index in [4.69, 9.17) is 4.74 Å². The number of alkyl carbamates (subject to hydrolysis) is 1. The predicted octanol–water partition coefficient (Wildman–Crippen LogP) is 2.26. The van der Waals surface area contributed by atoms with E-state index in [-0.39, 0.29) is 11.9 Å². The van der Waals surface area contributed by atoms with E-state index in [2.05, 4.69) is 34.8 Å². The molecule has 8 nitrogen and oxygen atoms in total. The second-order valence-electron chi connectivity index (χ2n) is 7.72. The Balaban J connectivity index is 2.54. The molecule has 8 heteroatoms. The zero-order valence-corrected chi connectivity index (χ0v) is 19.1. The molecule has 30 heavy (non-hydrogen) atoms. The van der Waals surface area contributed by atoms with Gasteiger partial charge in [0.2, 0.25) is 0 Å². The maximum Gasteiger partial charge on any atom is 0.407 e. The van der Waals surface area contributed by atoms with Crippen LogP contribution in [0.2, 0.25) is 0 Å². The van der Waals surface area contributed by atoms with Crippen LogP contribution in [-0.2, 0) is 11.2 Å². The van der Waals surface area contributed by atoms with Gasteiger partial charge in [0.15, 0.2) is 5.96 Å². The summed E-state index contributed by atoms with van der Waals surface area (Å²) in [5.41, 5.74) is 1.76. The van der Waals surface area contributed by atoms with Crippen LogP contribution in [-0.4, -0.2) is 69.7 Å². The molecule has 0 saturated carbocycles. The number of guanidine groups is 1. The lowest BCUT2D eigenvalue weighted by atomic mass is 10.0. The minimum absolute atomic E-state index is 0.00687. The molecule has 2 amide bonds. The van der Waals surface area contributed by atoms with Gasteiger partial charge >= 0.3 is 6.09 Å². The number of ether oxygens (including phenoxy) is 1. The van der Waals surface area contributed by atoms with E-state index >= 15 is 0 Å². The van der Waals surface area contributed by atoms with Crippen molar-refractivity contribution in [3.05, 3.63) is 35.4 Å². The van der Waals surface area contributed by atoms with Gasteiger partial charge in [0, 0.05) is 45.8 Å². The molecule has 1 atom stereocenters. The average Bonchev–Trinajstić information content (AvgIpc) is 2.69. The van der Waals surface area contributed by atoms with Crippen LogP contribution in [0.1, 0.15) is 43.1 Å². The van der Waals surface area contributed by atoms with E-state index in [9.17, 15) is 9.59 Å². The van der Waals surface area contributed by atoms with Crippen molar-refractivity contribution in [3.8, 4) is 0 Å². The monoisotopic (exact) mass is 419 g/mol. The number of carbonyl (C=O) groups is 2. The lowest BCUT2D eigenvalue weighted by Gasteiger charge is -2.22. The Morgan fingerprint density at radius 1 is 1.20 bits per heavy atom. The summed E-state index contributed by atoms with van der Waals surface area (Å²) >= 11 is 0. The van der Waals surface area contributed by atoms with E-state index in [0.717, 1.165) is 18.4 Å². The second kappa shape index (κ2) is 13.5. The molecule has 0 saturated heterocycles. The second-order valence-corrected chi connectivity index (χ2v) is 7.72. The molecule has 0 spiro atoms. The Morgan fingerprint density at radius 3 is 2.53 bits per heavy atom. The third-order valence-corrected chi connectivity index (χ3v) is 4.38. The summed E-state index contributed by atoms with van der Waals surface area (Å²) < 4.78 is 4.99. The number of nitrogens with zero attached hydrogens (tertiary/aromatic N) is 2. The van der Waals surface area contributed by atoms with Gasteiger partial charge in [-0.15, -0.1) is 0 Å². The largest absolute Gasteiger partial charge is 0.450 e. The zero-order chi connectivity index (χ0) is 22.5. The standard InChI is InChI=1S/C22H37N5O3/c1-7-30-22(29)26-19(13-16(2)3)15-25-21(23-4)24-12-11-17-9-8-10-18(14-17)20(28)27(5)6/h8-10,14,16,19H,7,11-13,15H2,1-6H3,(H,26,29)(H2,23,24,25). The van der Waals surface area contributed by atoms with Crippen LogP contribution < -0.4 is 16.0 Å². The van der Waals surface area contributed by atoms with Crippen molar-refractivity contribution in [2.75, 3.05) is 40.8 Å². The minimum atomic E-state index is -0.403. The lowest BCUT2D eigenvalue weighted by Crippen LogP contribution is -2.48. The maximum atomic E-state index is 12.1. The zero-order valence-electron chi connectivity index (χ0n) is 19.1. The van der Waals surface area contributed by atoms with E-state index in [1.54, 1.807) is 33.0 Å². The summed E-state index contributed by atoms with van der Waals surface area (Å²) in [5.74, 6) is 1.09. The Kier molecular flexibility index (Phi) is 11.3. The Labute approximate surface area is 180 Å². The highest BCUT2D eigenvalue weighted by Gasteiger charge is 2.15. The number of amides is 2. The normalized spacial score (nSPS) is 12.3. The van der Waals surface area contributed by atoms with Crippen molar-refractivity contribution in [2.24, 2.45) is 10.9 Å². The van der Waals surface area contributed by atoms with Gasteiger partial charge in [-0.05, 0) is 43.4 Å². The van der Waals surface area contributed by atoms with Gasteiger partial charge in [-0.3, -0.25) is 9.79 Å². The molecule has 0 aliphatic rings. The number of hydrogen-bond donors (Lipinski definition) is 3. The van der Waals surface area contributed by atoms with Gasteiger partial charge in [-0.2, -0.15) is 0 Å². The SMILES string of the molecule is CCOC(=O)NC(CNC(=NC)NCCc1cccc(C(=O)N(C)C)c1)CC(C)C. The molecule has 0 bridgehead atoms. The van der Waals surface area contributed by atoms with Crippen LogP contribution in [0, 0.1) is 5.92 Å². The van der Waals surface area contributed by atoms with Gasteiger partial charge in [0.25, 0.3) is 5.91 Å². The predicted molar refractivity (Wildman–Crippen MR) is 121 cm³/mol. The lowest BCUT2D eigenvalue weighted by molar-refractivity contribution is 0.0827. The molecule has 0 aromatic heterocycles.